The summed E-state index contributed by atoms with van der Waals surface area (Å²) in [7, 11) is 0. The van der Waals surface area contributed by atoms with Crippen molar-refractivity contribution in [1.82, 2.24) is 0 Å². The molecule has 134 valence electrons. The Kier molecular flexibility index (Phi) is 5.65. The highest BCUT2D eigenvalue weighted by molar-refractivity contribution is 5.82. The van der Waals surface area contributed by atoms with E-state index < -0.39 is 48.3 Å². The van der Waals surface area contributed by atoms with Crippen molar-refractivity contribution in [1.29, 1.82) is 0 Å². The molecule has 0 spiro atoms. The van der Waals surface area contributed by atoms with Gasteiger partial charge in [-0.2, -0.15) is 43.9 Å². The fraction of sp³-hybridized carbons (Fsp3) is 0.500. The summed E-state index contributed by atoms with van der Waals surface area (Å²) in [6.45, 7) is 0. The molecule has 5 nitrogen and oxygen atoms in total. The first-order valence-corrected chi connectivity index (χ1v) is 4.72. The Morgan fingerprint density at radius 2 is 1.35 bits per heavy atom. The Morgan fingerprint density at radius 1 is 0.913 bits per heavy atom. The minimum absolute atomic E-state index is 1.87. The van der Waals surface area contributed by atoms with Gasteiger partial charge in [0.05, 0.1) is 0 Å². The minimum Gasteiger partial charge on any atom is -0.397 e. The van der Waals surface area contributed by atoms with E-state index in [9.17, 15) is 53.5 Å². The molecule has 0 heterocycles. The molecule has 0 aromatic rings. The third-order valence-electron chi connectivity index (χ3n) is 1.86. The smallest absolute Gasteiger partial charge is 0.397 e. The van der Waals surface area contributed by atoms with Crippen molar-refractivity contribution in [2.24, 2.45) is 5.73 Å². The van der Waals surface area contributed by atoms with Crippen LogP contribution in [-0.2, 0) is 19.1 Å². The number of alkyl halides is 7. The van der Waals surface area contributed by atoms with Gasteiger partial charge in [-0.15, -0.1) is 0 Å². The van der Waals surface area contributed by atoms with Crippen molar-refractivity contribution >= 4 is 12.2 Å². The third kappa shape index (κ3) is 4.02. The van der Waals surface area contributed by atoms with E-state index in [4.69, 9.17) is 0 Å². The lowest BCUT2D eigenvalue weighted by Crippen LogP contribution is -2.62. The second-order valence-corrected chi connectivity index (χ2v) is 3.47. The summed E-state index contributed by atoms with van der Waals surface area (Å²) in [6.07, 6.45) is -18.3. The number of ether oxygens (including phenoxy) is 2. The van der Waals surface area contributed by atoms with Crippen LogP contribution in [0.5, 0.6) is 0 Å². The van der Waals surface area contributed by atoms with Crippen LogP contribution in [0.3, 0.4) is 0 Å². The summed E-state index contributed by atoms with van der Waals surface area (Å²) >= 11 is 0. The fourth-order valence-electron chi connectivity index (χ4n) is 0.783. The summed E-state index contributed by atoms with van der Waals surface area (Å²) in [6, 6.07) is -3.55. The molecular weight excluding hydrogens is 364 g/mol. The van der Waals surface area contributed by atoms with Gasteiger partial charge < -0.3 is 10.5 Å². The van der Waals surface area contributed by atoms with Crippen LogP contribution in [0.2, 0.25) is 0 Å². The summed E-state index contributed by atoms with van der Waals surface area (Å²) in [5, 5.41) is 0. The van der Waals surface area contributed by atoms with Crippen LogP contribution in [0.4, 0.5) is 43.9 Å². The lowest BCUT2D eigenvalue weighted by molar-refractivity contribution is -0.443. The van der Waals surface area contributed by atoms with Crippen LogP contribution in [0, 0.1) is 0 Å². The molecule has 0 fully saturated rings. The SMILES string of the molecule is NC(=O)C(F)(OC(F)(F)C(F)(F)C=O)C(F)(F)OC(F)=C(F)F. The van der Waals surface area contributed by atoms with E-state index >= 15 is 0 Å². The Morgan fingerprint density at radius 3 is 1.65 bits per heavy atom. The monoisotopic (exact) mass is 367 g/mol. The van der Waals surface area contributed by atoms with Crippen molar-refractivity contribution in [2.45, 2.75) is 24.0 Å². The molecule has 0 aliphatic heterocycles. The number of hydrogen-bond acceptors (Lipinski definition) is 4. The van der Waals surface area contributed by atoms with E-state index in [2.05, 4.69) is 15.2 Å². The van der Waals surface area contributed by atoms with Gasteiger partial charge in [-0.05, 0) is 0 Å². The molecule has 23 heavy (non-hydrogen) atoms. The summed E-state index contributed by atoms with van der Waals surface area (Å²) < 4.78 is 130. The lowest BCUT2D eigenvalue weighted by Gasteiger charge is -2.33. The molecule has 0 aliphatic rings. The van der Waals surface area contributed by atoms with Gasteiger partial charge in [-0.1, -0.05) is 0 Å². The molecule has 1 unspecified atom stereocenters. The maximum absolute atomic E-state index is 13.5. The van der Waals surface area contributed by atoms with Crippen molar-refractivity contribution in [3.8, 4) is 0 Å². The van der Waals surface area contributed by atoms with Crippen LogP contribution in [0.25, 0.3) is 0 Å². The first kappa shape index (κ1) is 20.9. The highest BCUT2D eigenvalue weighted by atomic mass is 19.3. The van der Waals surface area contributed by atoms with Crippen molar-refractivity contribution in [3.63, 3.8) is 0 Å². The van der Waals surface area contributed by atoms with Crippen LogP contribution < -0.4 is 5.73 Å². The molecule has 0 aromatic carbocycles. The standard InChI is InChI=1S/C8H3F10NO4/c9-2(10)3(11)22-8(17,18)6(14,4(19)21)23-7(15,16)5(12,13)1-20/h1H,(H2,19,21). The van der Waals surface area contributed by atoms with Crippen LogP contribution in [0.1, 0.15) is 0 Å². The van der Waals surface area contributed by atoms with E-state index in [1.807, 2.05) is 0 Å². The van der Waals surface area contributed by atoms with E-state index in [1.54, 1.807) is 0 Å². The molecule has 0 rings (SSSR count). The number of halogens is 10. The average molecular weight is 367 g/mol. The molecule has 0 saturated carbocycles. The molecule has 1 amide bonds. The van der Waals surface area contributed by atoms with Gasteiger partial charge in [-0.3, -0.25) is 14.3 Å². The number of nitrogens with two attached hydrogens (primary N) is 1. The molecule has 1 atom stereocenters. The van der Waals surface area contributed by atoms with Crippen LogP contribution in [0.15, 0.2) is 12.1 Å². The lowest BCUT2D eigenvalue weighted by atomic mass is 10.2. The molecule has 0 radical (unpaired) electrons. The van der Waals surface area contributed by atoms with E-state index in [0.717, 1.165) is 0 Å². The molecule has 0 saturated heterocycles. The molecule has 0 bridgehead atoms. The fourth-order valence-corrected chi connectivity index (χ4v) is 0.783. The first-order chi connectivity index (χ1) is 10.0. The predicted octanol–water partition coefficient (Wildman–Crippen LogP) is 2.23. The molecule has 0 aromatic heterocycles. The zero-order valence-corrected chi connectivity index (χ0v) is 10.1. The third-order valence-corrected chi connectivity index (χ3v) is 1.86. The van der Waals surface area contributed by atoms with Gasteiger partial charge in [0, 0.05) is 0 Å². The predicted molar refractivity (Wildman–Crippen MR) is 46.5 cm³/mol. The largest absolute Gasteiger partial charge is 0.471 e. The minimum atomic E-state index is -6.42. The maximum atomic E-state index is 13.5. The second kappa shape index (κ2) is 6.21. The number of carbonyl (C=O) groups excluding carboxylic acids is 2. The van der Waals surface area contributed by atoms with Crippen LogP contribution >= 0.6 is 0 Å². The highest BCUT2D eigenvalue weighted by Crippen LogP contribution is 2.44. The molecule has 0 aliphatic carbocycles. The number of rotatable bonds is 8. The van der Waals surface area contributed by atoms with Gasteiger partial charge in [0.25, 0.3) is 5.91 Å². The molecule has 2 N–H and O–H groups in total. The van der Waals surface area contributed by atoms with E-state index in [0.29, 0.717) is 0 Å². The summed E-state index contributed by atoms with van der Waals surface area (Å²) in [5.74, 6) is -15.3. The zero-order chi connectivity index (χ0) is 18.9. The van der Waals surface area contributed by atoms with Gasteiger partial charge >= 0.3 is 36.1 Å². The Bertz CT molecular complexity index is 517. The van der Waals surface area contributed by atoms with Gasteiger partial charge in [0.15, 0.2) is 6.29 Å². The quantitative estimate of drug-likeness (QED) is 0.406. The number of hydrogen-bond donors (Lipinski definition) is 1. The van der Waals surface area contributed by atoms with Crippen molar-refractivity contribution in [3.05, 3.63) is 12.1 Å². The van der Waals surface area contributed by atoms with Gasteiger partial charge in [0.2, 0.25) is 0 Å². The average Bonchev–Trinajstić information content (AvgIpc) is 2.36. The second-order valence-electron chi connectivity index (χ2n) is 3.47. The van der Waals surface area contributed by atoms with Gasteiger partial charge in [0.1, 0.15) is 0 Å². The molecule has 15 heteroatoms. The number of carbonyl (C=O) groups is 2. The van der Waals surface area contributed by atoms with E-state index in [1.165, 1.54) is 0 Å². The number of amides is 1. The first-order valence-electron chi connectivity index (χ1n) is 4.72. The highest BCUT2D eigenvalue weighted by Gasteiger charge is 2.73. The summed E-state index contributed by atoms with van der Waals surface area (Å²) in [4.78, 5) is 20.2. The van der Waals surface area contributed by atoms with Crippen LogP contribution in [-0.4, -0.2) is 36.2 Å². The van der Waals surface area contributed by atoms with Gasteiger partial charge in [-0.25, -0.2) is 0 Å². The number of primary amides is 1. The Labute approximate surface area is 118 Å². The normalized spacial score (nSPS) is 15.6. The topological polar surface area (TPSA) is 78.6 Å². The maximum Gasteiger partial charge on any atom is 0.471 e. The van der Waals surface area contributed by atoms with Crippen molar-refractivity contribution < 1.29 is 63.0 Å². The van der Waals surface area contributed by atoms with E-state index in [-0.39, 0.29) is 0 Å². The zero-order valence-electron chi connectivity index (χ0n) is 10.1. The summed E-state index contributed by atoms with van der Waals surface area (Å²) in [5.41, 5.74) is 3.91. The molecular formula is C8H3F10NO4. The Balaban J connectivity index is 5.90. The van der Waals surface area contributed by atoms with Crippen molar-refractivity contribution in [2.75, 3.05) is 0 Å². The number of aldehydes is 1. The Hall–Kier alpha value is -2.06.